The van der Waals surface area contributed by atoms with E-state index in [2.05, 4.69) is 42.6 Å². The molecule has 0 radical (unpaired) electrons. The van der Waals surface area contributed by atoms with Gasteiger partial charge >= 0.3 is 0 Å². The SMILES string of the molecule is Cc1ccc2c(oc3ccccc32)c1Nc1ccccc1. The van der Waals surface area contributed by atoms with Crippen LogP contribution in [0.4, 0.5) is 11.4 Å². The third kappa shape index (κ3) is 1.96. The summed E-state index contributed by atoms with van der Waals surface area (Å²) < 4.78 is 6.07. The fourth-order valence-corrected chi connectivity index (χ4v) is 2.71. The van der Waals surface area contributed by atoms with Crippen LogP contribution in [-0.2, 0) is 0 Å². The molecule has 0 fully saturated rings. The molecule has 1 heterocycles. The van der Waals surface area contributed by atoms with E-state index in [4.69, 9.17) is 4.42 Å². The van der Waals surface area contributed by atoms with Gasteiger partial charge in [-0.05, 0) is 30.7 Å². The normalized spacial score (nSPS) is 11.1. The van der Waals surface area contributed by atoms with Crippen molar-refractivity contribution in [2.24, 2.45) is 0 Å². The fraction of sp³-hybridized carbons (Fsp3) is 0.0526. The van der Waals surface area contributed by atoms with Gasteiger partial charge in [0.2, 0.25) is 0 Å². The number of benzene rings is 3. The van der Waals surface area contributed by atoms with E-state index in [0.717, 1.165) is 33.3 Å². The molecule has 0 spiro atoms. The van der Waals surface area contributed by atoms with Gasteiger partial charge in [0, 0.05) is 16.5 Å². The minimum atomic E-state index is 0.917. The van der Waals surface area contributed by atoms with E-state index >= 15 is 0 Å². The quantitative estimate of drug-likeness (QED) is 0.511. The van der Waals surface area contributed by atoms with Gasteiger partial charge in [-0.15, -0.1) is 0 Å². The summed E-state index contributed by atoms with van der Waals surface area (Å²) >= 11 is 0. The lowest BCUT2D eigenvalue weighted by molar-refractivity contribution is 0.670. The summed E-state index contributed by atoms with van der Waals surface area (Å²) in [5.41, 5.74) is 5.11. The van der Waals surface area contributed by atoms with Gasteiger partial charge in [0.1, 0.15) is 5.58 Å². The molecule has 2 nitrogen and oxygen atoms in total. The first-order valence-electron chi connectivity index (χ1n) is 7.06. The molecule has 0 saturated carbocycles. The highest BCUT2D eigenvalue weighted by Gasteiger charge is 2.12. The molecule has 0 amide bonds. The third-order valence-electron chi connectivity index (χ3n) is 3.80. The Bertz CT molecular complexity index is 922. The molecule has 0 unspecified atom stereocenters. The molecular formula is C19H15NO. The second kappa shape index (κ2) is 4.67. The summed E-state index contributed by atoms with van der Waals surface area (Å²) in [6.45, 7) is 2.10. The summed E-state index contributed by atoms with van der Waals surface area (Å²) in [5, 5.41) is 5.79. The van der Waals surface area contributed by atoms with Crippen LogP contribution in [0.15, 0.2) is 71.1 Å². The smallest absolute Gasteiger partial charge is 0.159 e. The molecular weight excluding hydrogens is 258 g/mol. The zero-order chi connectivity index (χ0) is 14.2. The summed E-state index contributed by atoms with van der Waals surface area (Å²) in [7, 11) is 0. The van der Waals surface area contributed by atoms with Crippen molar-refractivity contribution in [1.29, 1.82) is 0 Å². The predicted molar refractivity (Wildman–Crippen MR) is 88.2 cm³/mol. The van der Waals surface area contributed by atoms with Gasteiger partial charge in [-0.25, -0.2) is 0 Å². The Morgan fingerprint density at radius 3 is 2.38 bits per heavy atom. The van der Waals surface area contributed by atoms with Crippen LogP contribution in [0, 0.1) is 6.92 Å². The topological polar surface area (TPSA) is 25.2 Å². The Balaban J connectivity index is 1.97. The molecule has 0 aliphatic carbocycles. The Kier molecular flexibility index (Phi) is 2.68. The van der Waals surface area contributed by atoms with E-state index in [-0.39, 0.29) is 0 Å². The Morgan fingerprint density at radius 1 is 0.762 bits per heavy atom. The molecule has 0 aliphatic rings. The average molecular weight is 273 g/mol. The van der Waals surface area contributed by atoms with Crippen LogP contribution in [0.2, 0.25) is 0 Å². The number of aryl methyl sites for hydroxylation is 1. The van der Waals surface area contributed by atoms with Gasteiger partial charge < -0.3 is 9.73 Å². The Labute approximate surface area is 123 Å². The maximum atomic E-state index is 6.07. The second-order valence-electron chi connectivity index (χ2n) is 5.22. The molecule has 1 aromatic heterocycles. The molecule has 2 heteroatoms. The van der Waals surface area contributed by atoms with Crippen molar-refractivity contribution in [3.63, 3.8) is 0 Å². The molecule has 0 atom stereocenters. The Morgan fingerprint density at radius 2 is 1.52 bits per heavy atom. The van der Waals surface area contributed by atoms with Crippen molar-refractivity contribution in [3.05, 3.63) is 72.3 Å². The monoisotopic (exact) mass is 273 g/mol. The van der Waals surface area contributed by atoms with E-state index in [1.165, 1.54) is 5.56 Å². The molecule has 4 aromatic rings. The van der Waals surface area contributed by atoms with Crippen LogP contribution in [-0.4, -0.2) is 0 Å². The zero-order valence-corrected chi connectivity index (χ0v) is 11.8. The predicted octanol–water partition coefficient (Wildman–Crippen LogP) is 5.64. The molecule has 1 N–H and O–H groups in total. The van der Waals surface area contributed by atoms with Crippen molar-refractivity contribution in [1.82, 2.24) is 0 Å². The molecule has 0 aliphatic heterocycles. The minimum Gasteiger partial charge on any atom is -0.454 e. The number of furan rings is 1. The largest absolute Gasteiger partial charge is 0.454 e. The highest BCUT2D eigenvalue weighted by Crippen LogP contribution is 2.36. The first kappa shape index (κ1) is 12.0. The molecule has 4 rings (SSSR count). The molecule has 0 saturated heterocycles. The van der Waals surface area contributed by atoms with E-state index in [9.17, 15) is 0 Å². The Hall–Kier alpha value is -2.74. The van der Waals surface area contributed by atoms with E-state index < -0.39 is 0 Å². The van der Waals surface area contributed by atoms with Gasteiger partial charge in [-0.3, -0.25) is 0 Å². The first-order valence-corrected chi connectivity index (χ1v) is 7.06. The summed E-state index contributed by atoms with van der Waals surface area (Å²) in [6, 6.07) is 22.6. The summed E-state index contributed by atoms with van der Waals surface area (Å²) in [6.07, 6.45) is 0. The van der Waals surface area contributed by atoms with Gasteiger partial charge in [0.25, 0.3) is 0 Å². The molecule has 21 heavy (non-hydrogen) atoms. The lowest BCUT2D eigenvalue weighted by Crippen LogP contribution is -1.93. The fourth-order valence-electron chi connectivity index (χ4n) is 2.71. The van der Waals surface area contributed by atoms with Gasteiger partial charge in [0.05, 0.1) is 5.69 Å². The second-order valence-corrected chi connectivity index (χ2v) is 5.22. The highest BCUT2D eigenvalue weighted by molar-refractivity contribution is 6.09. The number of fused-ring (bicyclic) bond motifs is 3. The lowest BCUT2D eigenvalue weighted by atomic mass is 10.1. The van der Waals surface area contributed by atoms with Crippen LogP contribution in [0.25, 0.3) is 21.9 Å². The van der Waals surface area contributed by atoms with Crippen molar-refractivity contribution in [2.45, 2.75) is 6.92 Å². The van der Waals surface area contributed by atoms with E-state index in [0.29, 0.717) is 0 Å². The maximum Gasteiger partial charge on any atom is 0.159 e. The van der Waals surface area contributed by atoms with Crippen LogP contribution in [0.5, 0.6) is 0 Å². The average Bonchev–Trinajstić information content (AvgIpc) is 2.90. The van der Waals surface area contributed by atoms with Crippen LogP contribution >= 0.6 is 0 Å². The number of rotatable bonds is 2. The summed E-state index contributed by atoms with van der Waals surface area (Å²) in [4.78, 5) is 0. The minimum absolute atomic E-state index is 0.917. The van der Waals surface area contributed by atoms with Crippen molar-refractivity contribution >= 4 is 33.3 Å². The van der Waals surface area contributed by atoms with Crippen LogP contribution < -0.4 is 5.32 Å². The standard InChI is InChI=1S/C19H15NO/c1-13-11-12-16-15-9-5-6-10-17(15)21-19(16)18(13)20-14-7-3-2-4-8-14/h2-12,20H,1H3. The van der Waals surface area contributed by atoms with Crippen LogP contribution in [0.1, 0.15) is 5.56 Å². The van der Waals surface area contributed by atoms with Crippen molar-refractivity contribution in [2.75, 3.05) is 5.32 Å². The number of hydrogen-bond acceptors (Lipinski definition) is 2. The first-order chi connectivity index (χ1) is 10.3. The van der Waals surface area contributed by atoms with Crippen LogP contribution in [0.3, 0.4) is 0 Å². The molecule has 102 valence electrons. The maximum absolute atomic E-state index is 6.07. The van der Waals surface area contributed by atoms with E-state index in [1.54, 1.807) is 0 Å². The van der Waals surface area contributed by atoms with E-state index in [1.807, 2.05) is 36.4 Å². The number of para-hydroxylation sites is 2. The molecule has 3 aromatic carbocycles. The zero-order valence-electron chi connectivity index (χ0n) is 11.8. The van der Waals surface area contributed by atoms with Gasteiger partial charge in [-0.1, -0.05) is 48.5 Å². The van der Waals surface area contributed by atoms with Crippen molar-refractivity contribution < 1.29 is 4.42 Å². The van der Waals surface area contributed by atoms with Gasteiger partial charge in [0.15, 0.2) is 5.58 Å². The van der Waals surface area contributed by atoms with Crippen molar-refractivity contribution in [3.8, 4) is 0 Å². The summed E-state index contributed by atoms with van der Waals surface area (Å²) in [5.74, 6) is 0. The molecule has 0 bridgehead atoms. The number of hydrogen-bond donors (Lipinski definition) is 1. The third-order valence-corrected chi connectivity index (χ3v) is 3.80. The lowest BCUT2D eigenvalue weighted by Gasteiger charge is -2.09. The number of anilines is 2. The number of nitrogens with one attached hydrogen (secondary N) is 1. The highest BCUT2D eigenvalue weighted by atomic mass is 16.3. The van der Waals surface area contributed by atoms with Gasteiger partial charge in [-0.2, -0.15) is 0 Å².